The van der Waals surface area contributed by atoms with Crippen LogP contribution < -0.4 is 11.1 Å². The fourth-order valence-corrected chi connectivity index (χ4v) is 2.80. The van der Waals surface area contributed by atoms with E-state index >= 15 is 0 Å². The number of aromatic nitrogens is 1. The van der Waals surface area contributed by atoms with Crippen molar-refractivity contribution in [2.24, 2.45) is 17.6 Å². The molecule has 3 N–H and O–H groups in total. The first kappa shape index (κ1) is 13.3. The van der Waals surface area contributed by atoms with Gasteiger partial charge < -0.3 is 11.1 Å². The SMILES string of the molecule is CC1CCCC(CNc2cc(C(N)=S)ccn2)C1. The molecule has 2 unspecified atom stereocenters. The van der Waals surface area contributed by atoms with Gasteiger partial charge in [0.25, 0.3) is 0 Å². The van der Waals surface area contributed by atoms with Gasteiger partial charge in [0.1, 0.15) is 10.8 Å². The van der Waals surface area contributed by atoms with Crippen molar-refractivity contribution in [3.8, 4) is 0 Å². The summed E-state index contributed by atoms with van der Waals surface area (Å²) in [5, 5.41) is 3.40. The molecule has 1 aliphatic carbocycles. The Balaban J connectivity index is 1.89. The van der Waals surface area contributed by atoms with Gasteiger partial charge in [0.2, 0.25) is 0 Å². The maximum Gasteiger partial charge on any atom is 0.126 e. The molecule has 0 bridgehead atoms. The molecule has 3 nitrogen and oxygen atoms in total. The Bertz CT molecular complexity index is 419. The number of pyridine rings is 1. The number of anilines is 1. The summed E-state index contributed by atoms with van der Waals surface area (Å²) in [7, 11) is 0. The van der Waals surface area contributed by atoms with Gasteiger partial charge in [-0.15, -0.1) is 0 Å². The van der Waals surface area contributed by atoms with Gasteiger partial charge in [-0.3, -0.25) is 0 Å². The van der Waals surface area contributed by atoms with E-state index < -0.39 is 0 Å². The van der Waals surface area contributed by atoms with Crippen molar-refractivity contribution >= 4 is 23.0 Å². The van der Waals surface area contributed by atoms with Crippen molar-refractivity contribution in [1.29, 1.82) is 0 Å². The van der Waals surface area contributed by atoms with Gasteiger partial charge in [0.05, 0.1) is 0 Å². The van der Waals surface area contributed by atoms with E-state index in [1.54, 1.807) is 6.20 Å². The molecule has 0 amide bonds. The van der Waals surface area contributed by atoms with E-state index in [1.165, 1.54) is 25.7 Å². The fraction of sp³-hybridized carbons (Fsp3) is 0.571. The quantitative estimate of drug-likeness (QED) is 0.820. The molecule has 1 aliphatic rings. The minimum atomic E-state index is 0.423. The summed E-state index contributed by atoms with van der Waals surface area (Å²) in [5.74, 6) is 2.50. The molecule has 18 heavy (non-hydrogen) atoms. The van der Waals surface area contributed by atoms with Crippen LogP contribution in [0.3, 0.4) is 0 Å². The number of hydrogen-bond donors (Lipinski definition) is 2. The van der Waals surface area contributed by atoms with E-state index in [2.05, 4.69) is 17.2 Å². The highest BCUT2D eigenvalue weighted by atomic mass is 32.1. The van der Waals surface area contributed by atoms with E-state index in [0.29, 0.717) is 4.99 Å². The zero-order chi connectivity index (χ0) is 13.0. The van der Waals surface area contributed by atoms with Crippen molar-refractivity contribution in [3.05, 3.63) is 23.9 Å². The largest absolute Gasteiger partial charge is 0.389 e. The molecule has 4 heteroatoms. The van der Waals surface area contributed by atoms with Gasteiger partial charge in [-0.1, -0.05) is 32.0 Å². The maximum atomic E-state index is 5.62. The van der Waals surface area contributed by atoms with Crippen molar-refractivity contribution in [1.82, 2.24) is 4.98 Å². The first-order valence-electron chi connectivity index (χ1n) is 6.65. The Morgan fingerprint density at radius 2 is 2.39 bits per heavy atom. The third-order valence-corrected chi connectivity index (χ3v) is 3.90. The number of nitrogens with one attached hydrogen (secondary N) is 1. The van der Waals surface area contributed by atoms with Crippen LogP contribution in [0.4, 0.5) is 5.82 Å². The van der Waals surface area contributed by atoms with Crippen LogP contribution in [-0.4, -0.2) is 16.5 Å². The van der Waals surface area contributed by atoms with Crippen molar-refractivity contribution in [2.45, 2.75) is 32.6 Å². The molecule has 2 rings (SSSR count). The third kappa shape index (κ3) is 3.67. The fourth-order valence-electron chi connectivity index (χ4n) is 2.67. The highest BCUT2D eigenvalue weighted by molar-refractivity contribution is 7.80. The molecule has 0 aliphatic heterocycles. The van der Waals surface area contributed by atoms with Gasteiger partial charge in [0.15, 0.2) is 0 Å². The monoisotopic (exact) mass is 263 g/mol. The number of rotatable bonds is 4. The Morgan fingerprint density at radius 3 is 3.11 bits per heavy atom. The van der Waals surface area contributed by atoms with Crippen LogP contribution in [0.15, 0.2) is 18.3 Å². The Labute approximate surface area is 114 Å². The minimum absolute atomic E-state index is 0.423. The number of nitrogens with zero attached hydrogens (tertiary/aromatic N) is 1. The van der Waals surface area contributed by atoms with E-state index in [1.807, 2.05) is 12.1 Å². The minimum Gasteiger partial charge on any atom is -0.389 e. The molecule has 0 aromatic carbocycles. The van der Waals surface area contributed by atoms with E-state index in [0.717, 1.165) is 29.8 Å². The summed E-state index contributed by atoms with van der Waals surface area (Å²) in [6, 6.07) is 3.77. The third-order valence-electron chi connectivity index (χ3n) is 3.66. The van der Waals surface area contributed by atoms with Gasteiger partial charge in [0, 0.05) is 18.3 Å². The molecular weight excluding hydrogens is 242 g/mol. The second-order valence-corrected chi connectivity index (χ2v) is 5.75. The molecule has 0 radical (unpaired) electrons. The van der Waals surface area contributed by atoms with Gasteiger partial charge in [-0.2, -0.15) is 0 Å². The zero-order valence-electron chi connectivity index (χ0n) is 10.9. The summed E-state index contributed by atoms with van der Waals surface area (Å²) >= 11 is 4.97. The van der Waals surface area contributed by atoms with Crippen molar-refractivity contribution in [3.63, 3.8) is 0 Å². The highest BCUT2D eigenvalue weighted by Gasteiger charge is 2.18. The highest BCUT2D eigenvalue weighted by Crippen LogP contribution is 2.28. The van der Waals surface area contributed by atoms with Crippen LogP contribution >= 0.6 is 12.2 Å². The lowest BCUT2D eigenvalue weighted by atomic mass is 9.82. The first-order chi connectivity index (χ1) is 8.65. The van der Waals surface area contributed by atoms with E-state index in [9.17, 15) is 0 Å². The van der Waals surface area contributed by atoms with Crippen LogP contribution in [0.5, 0.6) is 0 Å². The lowest BCUT2D eigenvalue weighted by Gasteiger charge is -2.26. The van der Waals surface area contributed by atoms with Crippen molar-refractivity contribution < 1.29 is 0 Å². The van der Waals surface area contributed by atoms with Crippen LogP contribution in [0, 0.1) is 11.8 Å². The lowest BCUT2D eigenvalue weighted by molar-refractivity contribution is 0.293. The predicted octanol–water partition coefficient (Wildman–Crippen LogP) is 2.95. The Morgan fingerprint density at radius 1 is 1.56 bits per heavy atom. The molecule has 98 valence electrons. The second-order valence-electron chi connectivity index (χ2n) is 5.31. The maximum absolute atomic E-state index is 5.62. The lowest BCUT2D eigenvalue weighted by Crippen LogP contribution is -2.21. The first-order valence-corrected chi connectivity index (χ1v) is 7.05. The number of nitrogens with two attached hydrogens (primary N) is 1. The molecule has 1 heterocycles. The molecule has 0 spiro atoms. The van der Waals surface area contributed by atoms with Gasteiger partial charge in [-0.05, 0) is 36.8 Å². The summed E-state index contributed by atoms with van der Waals surface area (Å²) in [6.07, 6.45) is 7.13. The zero-order valence-corrected chi connectivity index (χ0v) is 11.7. The average Bonchev–Trinajstić information content (AvgIpc) is 2.37. The van der Waals surface area contributed by atoms with Crippen LogP contribution in [0.1, 0.15) is 38.2 Å². The van der Waals surface area contributed by atoms with Crippen LogP contribution in [-0.2, 0) is 0 Å². The topological polar surface area (TPSA) is 50.9 Å². The summed E-state index contributed by atoms with van der Waals surface area (Å²) in [6.45, 7) is 3.34. The number of hydrogen-bond acceptors (Lipinski definition) is 3. The van der Waals surface area contributed by atoms with Gasteiger partial charge in [-0.25, -0.2) is 4.98 Å². The molecule has 1 fully saturated rings. The standard InChI is InChI=1S/C14H21N3S/c1-10-3-2-4-11(7-10)9-17-13-8-12(14(15)18)5-6-16-13/h5-6,8,10-11H,2-4,7,9H2,1H3,(H2,15,18)(H,16,17). The van der Waals surface area contributed by atoms with Gasteiger partial charge >= 0.3 is 0 Å². The summed E-state index contributed by atoms with van der Waals surface area (Å²) in [5.41, 5.74) is 6.49. The second kappa shape index (κ2) is 6.14. The summed E-state index contributed by atoms with van der Waals surface area (Å²) < 4.78 is 0. The molecular formula is C14H21N3S. The summed E-state index contributed by atoms with van der Waals surface area (Å²) in [4.78, 5) is 4.72. The number of thiocarbonyl (C=S) groups is 1. The molecule has 0 saturated heterocycles. The molecule has 1 aromatic rings. The normalized spacial score (nSPS) is 23.6. The molecule has 1 saturated carbocycles. The van der Waals surface area contributed by atoms with Crippen LogP contribution in [0.25, 0.3) is 0 Å². The van der Waals surface area contributed by atoms with E-state index in [4.69, 9.17) is 18.0 Å². The Kier molecular flexibility index (Phi) is 4.53. The molecule has 1 aromatic heterocycles. The average molecular weight is 263 g/mol. The van der Waals surface area contributed by atoms with E-state index in [-0.39, 0.29) is 0 Å². The van der Waals surface area contributed by atoms with Crippen LogP contribution in [0.2, 0.25) is 0 Å². The predicted molar refractivity (Wildman–Crippen MR) is 79.7 cm³/mol. The smallest absolute Gasteiger partial charge is 0.126 e. The molecule has 2 atom stereocenters. The Hall–Kier alpha value is -1.16. The van der Waals surface area contributed by atoms with Crippen molar-refractivity contribution in [2.75, 3.05) is 11.9 Å².